The van der Waals surface area contributed by atoms with Crippen molar-refractivity contribution in [3.8, 4) is 11.5 Å². The van der Waals surface area contributed by atoms with Gasteiger partial charge in [0.1, 0.15) is 6.26 Å². The number of hydrogen-bond acceptors (Lipinski definition) is 5. The average molecular weight is 360 g/mol. The molecule has 1 aromatic carbocycles. The summed E-state index contributed by atoms with van der Waals surface area (Å²) >= 11 is 0. The first-order chi connectivity index (χ1) is 12.6. The summed E-state index contributed by atoms with van der Waals surface area (Å²) in [4.78, 5) is 23.5. The molecule has 2 amide bonds. The number of amides is 2. The Kier molecular flexibility index (Phi) is 7.54. The molecule has 0 saturated heterocycles. The normalized spacial score (nSPS) is 10.2. The summed E-state index contributed by atoms with van der Waals surface area (Å²) < 4.78 is 15.9. The molecular weight excluding hydrogens is 336 g/mol. The average Bonchev–Trinajstić information content (AvgIpc) is 3.17. The van der Waals surface area contributed by atoms with E-state index >= 15 is 0 Å². The van der Waals surface area contributed by atoms with Crippen LogP contribution in [0.25, 0.3) is 0 Å². The predicted molar refractivity (Wildman–Crippen MR) is 96.5 cm³/mol. The Balaban J connectivity index is 1.77. The summed E-state index contributed by atoms with van der Waals surface area (Å²) in [5.41, 5.74) is 1.41. The zero-order chi connectivity index (χ0) is 18.8. The minimum atomic E-state index is -0.346. The van der Waals surface area contributed by atoms with Crippen LogP contribution in [0.1, 0.15) is 29.8 Å². The molecule has 0 aliphatic heterocycles. The van der Waals surface area contributed by atoms with E-state index in [4.69, 9.17) is 13.9 Å². The van der Waals surface area contributed by atoms with E-state index in [1.54, 1.807) is 0 Å². The van der Waals surface area contributed by atoms with Gasteiger partial charge in [-0.1, -0.05) is 6.07 Å². The minimum absolute atomic E-state index is 0.0858. The van der Waals surface area contributed by atoms with E-state index < -0.39 is 0 Å². The van der Waals surface area contributed by atoms with Crippen molar-refractivity contribution < 1.29 is 23.5 Å². The first kappa shape index (κ1) is 19.4. The van der Waals surface area contributed by atoms with Crippen LogP contribution < -0.4 is 20.1 Å². The molecule has 2 aromatic rings. The molecule has 26 heavy (non-hydrogen) atoms. The van der Waals surface area contributed by atoms with Gasteiger partial charge in [0.25, 0.3) is 5.91 Å². The van der Waals surface area contributed by atoms with Crippen LogP contribution >= 0.6 is 0 Å². The molecule has 0 saturated carbocycles. The Morgan fingerprint density at radius 3 is 2.50 bits per heavy atom. The number of ether oxygens (including phenoxy) is 2. The summed E-state index contributed by atoms with van der Waals surface area (Å²) in [5.74, 6) is 0.814. The van der Waals surface area contributed by atoms with Crippen LogP contribution in [-0.4, -0.2) is 38.1 Å². The van der Waals surface area contributed by atoms with Crippen molar-refractivity contribution in [3.63, 3.8) is 0 Å². The van der Waals surface area contributed by atoms with Gasteiger partial charge in [0.05, 0.1) is 31.6 Å². The molecule has 0 unspecified atom stereocenters. The van der Waals surface area contributed by atoms with Gasteiger partial charge in [-0.15, -0.1) is 0 Å². The maximum absolute atomic E-state index is 11.8. The van der Waals surface area contributed by atoms with E-state index in [1.165, 1.54) is 18.6 Å². The van der Waals surface area contributed by atoms with Crippen LogP contribution in [-0.2, 0) is 11.2 Å². The predicted octanol–water partition coefficient (Wildman–Crippen LogP) is 2.17. The number of furan rings is 1. The lowest BCUT2D eigenvalue weighted by atomic mass is 10.1. The van der Waals surface area contributed by atoms with Gasteiger partial charge in [0.15, 0.2) is 11.5 Å². The van der Waals surface area contributed by atoms with Gasteiger partial charge in [-0.25, -0.2) is 0 Å². The molecule has 2 rings (SSSR count). The van der Waals surface area contributed by atoms with Crippen molar-refractivity contribution in [2.24, 2.45) is 0 Å². The van der Waals surface area contributed by atoms with Crippen LogP contribution in [0.15, 0.2) is 41.2 Å². The summed E-state index contributed by atoms with van der Waals surface area (Å²) in [6.07, 6.45) is 3.38. The Bertz CT molecular complexity index is 713. The molecule has 2 N–H and O–H groups in total. The topological polar surface area (TPSA) is 89.8 Å². The highest BCUT2D eigenvalue weighted by atomic mass is 16.5. The zero-order valence-electron chi connectivity index (χ0n) is 15.0. The number of hydrogen-bond donors (Lipinski definition) is 2. The van der Waals surface area contributed by atoms with E-state index in [9.17, 15) is 9.59 Å². The number of rotatable bonds is 10. The highest BCUT2D eigenvalue weighted by Crippen LogP contribution is 2.28. The summed E-state index contributed by atoms with van der Waals surface area (Å²) in [6.45, 7) is 5.33. The molecule has 0 aliphatic rings. The van der Waals surface area contributed by atoms with Crippen molar-refractivity contribution in [1.82, 2.24) is 10.6 Å². The molecule has 7 heteroatoms. The van der Waals surface area contributed by atoms with Crippen molar-refractivity contribution in [3.05, 3.63) is 47.9 Å². The molecular formula is C19H24N2O5. The zero-order valence-corrected chi connectivity index (χ0v) is 15.0. The van der Waals surface area contributed by atoms with Crippen LogP contribution in [0.2, 0.25) is 0 Å². The second kappa shape index (κ2) is 10.1. The van der Waals surface area contributed by atoms with E-state index in [1.807, 2.05) is 32.0 Å². The molecule has 0 atom stereocenters. The number of benzene rings is 1. The van der Waals surface area contributed by atoms with Gasteiger partial charge >= 0.3 is 0 Å². The monoisotopic (exact) mass is 360 g/mol. The SMILES string of the molecule is CCOc1ccc(CCNC(=O)CNC(=O)c2ccoc2)cc1OCC. The molecule has 0 bridgehead atoms. The smallest absolute Gasteiger partial charge is 0.254 e. The van der Waals surface area contributed by atoms with E-state index in [-0.39, 0.29) is 18.4 Å². The largest absolute Gasteiger partial charge is 0.490 e. The molecule has 0 fully saturated rings. The number of carbonyl (C=O) groups is 2. The Hall–Kier alpha value is -2.96. The first-order valence-electron chi connectivity index (χ1n) is 8.59. The van der Waals surface area contributed by atoms with Crippen LogP contribution in [0.4, 0.5) is 0 Å². The summed E-state index contributed by atoms with van der Waals surface area (Å²) in [5, 5.41) is 5.31. The van der Waals surface area contributed by atoms with Gasteiger partial charge in [0, 0.05) is 6.54 Å². The van der Waals surface area contributed by atoms with Crippen LogP contribution in [0.5, 0.6) is 11.5 Å². The van der Waals surface area contributed by atoms with Gasteiger partial charge in [-0.05, 0) is 44.0 Å². The third-order valence-electron chi connectivity index (χ3n) is 3.54. The van der Waals surface area contributed by atoms with E-state index in [0.717, 1.165) is 5.56 Å². The van der Waals surface area contributed by atoms with E-state index in [2.05, 4.69) is 10.6 Å². The van der Waals surface area contributed by atoms with Crippen molar-refractivity contribution in [2.75, 3.05) is 26.3 Å². The van der Waals surface area contributed by atoms with Crippen LogP contribution in [0.3, 0.4) is 0 Å². The van der Waals surface area contributed by atoms with Crippen molar-refractivity contribution >= 4 is 11.8 Å². The summed E-state index contributed by atoms with van der Waals surface area (Å²) in [6, 6.07) is 7.27. The Morgan fingerprint density at radius 1 is 1.04 bits per heavy atom. The third-order valence-corrected chi connectivity index (χ3v) is 3.54. The van der Waals surface area contributed by atoms with Crippen molar-refractivity contribution in [2.45, 2.75) is 20.3 Å². The maximum atomic E-state index is 11.8. The number of carbonyl (C=O) groups excluding carboxylic acids is 2. The van der Waals surface area contributed by atoms with Gasteiger partial charge < -0.3 is 24.5 Å². The molecule has 0 radical (unpaired) electrons. The summed E-state index contributed by atoms with van der Waals surface area (Å²) in [7, 11) is 0. The molecule has 1 heterocycles. The quantitative estimate of drug-likeness (QED) is 0.678. The van der Waals surface area contributed by atoms with Crippen molar-refractivity contribution in [1.29, 1.82) is 0 Å². The second-order valence-corrected chi connectivity index (χ2v) is 5.44. The van der Waals surface area contributed by atoms with Gasteiger partial charge in [-0.2, -0.15) is 0 Å². The lowest BCUT2D eigenvalue weighted by molar-refractivity contribution is -0.120. The third kappa shape index (κ3) is 5.84. The molecule has 140 valence electrons. The molecule has 7 nitrogen and oxygen atoms in total. The lowest BCUT2D eigenvalue weighted by Crippen LogP contribution is -2.37. The second-order valence-electron chi connectivity index (χ2n) is 5.44. The fourth-order valence-corrected chi connectivity index (χ4v) is 2.32. The fourth-order valence-electron chi connectivity index (χ4n) is 2.32. The first-order valence-corrected chi connectivity index (χ1v) is 8.59. The molecule has 0 spiro atoms. The fraction of sp³-hybridized carbons (Fsp3) is 0.368. The minimum Gasteiger partial charge on any atom is -0.490 e. The standard InChI is InChI=1S/C19H24N2O5/c1-3-25-16-6-5-14(11-17(16)26-4-2)7-9-20-18(22)12-21-19(23)15-8-10-24-13-15/h5-6,8,10-11,13H,3-4,7,9,12H2,1-2H3,(H,20,22)(H,21,23). The Labute approximate surface area is 152 Å². The van der Waals surface area contributed by atoms with Gasteiger partial charge in [-0.3, -0.25) is 9.59 Å². The van der Waals surface area contributed by atoms with Crippen LogP contribution in [0, 0.1) is 0 Å². The van der Waals surface area contributed by atoms with E-state index in [0.29, 0.717) is 43.2 Å². The molecule has 0 aliphatic carbocycles. The highest BCUT2D eigenvalue weighted by Gasteiger charge is 2.09. The lowest BCUT2D eigenvalue weighted by Gasteiger charge is -2.12. The van der Waals surface area contributed by atoms with Gasteiger partial charge in [0.2, 0.25) is 5.91 Å². The molecule has 1 aromatic heterocycles. The highest BCUT2D eigenvalue weighted by molar-refractivity contribution is 5.96. The Morgan fingerprint density at radius 2 is 1.81 bits per heavy atom. The maximum Gasteiger partial charge on any atom is 0.254 e. The number of nitrogens with one attached hydrogen (secondary N) is 2.